The summed E-state index contributed by atoms with van der Waals surface area (Å²) in [4.78, 5) is 53.0. The summed E-state index contributed by atoms with van der Waals surface area (Å²) in [6.07, 6.45) is 5.76. The van der Waals surface area contributed by atoms with Gasteiger partial charge in [0.2, 0.25) is 17.7 Å². The first-order valence-electron chi connectivity index (χ1n) is 10.3. The molecule has 1 fully saturated rings. The molecule has 2 atom stereocenters. The summed E-state index contributed by atoms with van der Waals surface area (Å²) in [5, 5.41) is 0. The first-order chi connectivity index (χ1) is 14.5. The standard InChI is InChI=1S/C22H23N5O3/c1-25-11-6-12-26(20-19(25)23-16-9-4-5-10-17(16)24-20)18(28)13-27-21(29)14-7-2-3-8-15(14)22(27)30/h2-5,9-10,14-15H,6-8,11-13H2,1H3/t14-,15-/m0/s1. The molecule has 0 bridgehead atoms. The quantitative estimate of drug-likeness (QED) is 0.559. The predicted molar refractivity (Wildman–Crippen MR) is 112 cm³/mol. The Hall–Kier alpha value is -3.29. The Labute approximate surface area is 174 Å². The van der Waals surface area contributed by atoms with Crippen molar-refractivity contribution < 1.29 is 14.4 Å². The highest BCUT2D eigenvalue weighted by atomic mass is 16.2. The molecule has 2 aromatic rings. The molecule has 0 saturated carbocycles. The van der Waals surface area contributed by atoms with E-state index in [4.69, 9.17) is 9.97 Å². The number of para-hydroxylation sites is 2. The molecule has 3 amide bonds. The molecule has 1 aromatic carbocycles. The minimum absolute atomic E-state index is 0.237. The lowest BCUT2D eigenvalue weighted by Gasteiger charge is -2.24. The molecular weight excluding hydrogens is 382 g/mol. The second kappa shape index (κ2) is 7.19. The smallest absolute Gasteiger partial charge is 0.248 e. The van der Waals surface area contributed by atoms with Crippen molar-refractivity contribution in [2.75, 3.05) is 36.5 Å². The van der Waals surface area contributed by atoms with Crippen LogP contribution in [0.3, 0.4) is 0 Å². The second-order valence-corrected chi connectivity index (χ2v) is 8.10. The normalized spacial score (nSPS) is 23.6. The van der Waals surface area contributed by atoms with Crippen molar-refractivity contribution in [1.82, 2.24) is 14.9 Å². The van der Waals surface area contributed by atoms with E-state index in [1.807, 2.05) is 48.4 Å². The summed E-state index contributed by atoms with van der Waals surface area (Å²) in [5.41, 5.74) is 1.47. The molecule has 0 radical (unpaired) electrons. The number of anilines is 2. The molecule has 8 nitrogen and oxygen atoms in total. The molecule has 8 heteroatoms. The van der Waals surface area contributed by atoms with Crippen LogP contribution >= 0.6 is 0 Å². The van der Waals surface area contributed by atoms with E-state index in [-0.39, 0.29) is 36.1 Å². The topological polar surface area (TPSA) is 86.7 Å². The van der Waals surface area contributed by atoms with Crippen molar-refractivity contribution in [2.45, 2.75) is 19.3 Å². The summed E-state index contributed by atoms with van der Waals surface area (Å²) in [5.74, 6) is -0.320. The third kappa shape index (κ3) is 2.94. The van der Waals surface area contributed by atoms with Crippen molar-refractivity contribution in [3.05, 3.63) is 36.4 Å². The highest BCUT2D eigenvalue weighted by molar-refractivity contribution is 6.09. The Morgan fingerprint density at radius 2 is 1.57 bits per heavy atom. The summed E-state index contributed by atoms with van der Waals surface area (Å²) in [7, 11) is 1.93. The molecule has 5 rings (SSSR count). The first-order valence-corrected chi connectivity index (χ1v) is 10.3. The van der Waals surface area contributed by atoms with Crippen molar-refractivity contribution in [1.29, 1.82) is 0 Å². The summed E-state index contributed by atoms with van der Waals surface area (Å²) in [6, 6.07) is 7.54. The molecule has 3 heterocycles. The zero-order valence-electron chi connectivity index (χ0n) is 16.8. The van der Waals surface area contributed by atoms with Crippen molar-refractivity contribution in [3.8, 4) is 0 Å². The second-order valence-electron chi connectivity index (χ2n) is 8.10. The minimum Gasteiger partial charge on any atom is -0.357 e. The van der Waals surface area contributed by atoms with Crippen LogP contribution in [0.15, 0.2) is 36.4 Å². The van der Waals surface area contributed by atoms with E-state index in [0.717, 1.165) is 23.4 Å². The fraction of sp³-hybridized carbons (Fsp3) is 0.409. The Kier molecular flexibility index (Phi) is 4.49. The highest BCUT2D eigenvalue weighted by Crippen LogP contribution is 2.35. The fourth-order valence-corrected chi connectivity index (χ4v) is 4.58. The van der Waals surface area contributed by atoms with E-state index < -0.39 is 0 Å². The number of carbonyl (C=O) groups excluding carboxylic acids is 3. The highest BCUT2D eigenvalue weighted by Gasteiger charge is 2.48. The van der Waals surface area contributed by atoms with Gasteiger partial charge in [-0.05, 0) is 31.4 Å². The zero-order valence-corrected chi connectivity index (χ0v) is 16.8. The lowest BCUT2D eigenvalue weighted by Crippen LogP contribution is -2.44. The molecule has 1 saturated heterocycles. The number of imide groups is 1. The number of hydrogen-bond donors (Lipinski definition) is 0. The monoisotopic (exact) mass is 405 g/mol. The van der Waals surface area contributed by atoms with E-state index in [2.05, 4.69) is 0 Å². The average molecular weight is 405 g/mol. The zero-order chi connectivity index (χ0) is 20.8. The SMILES string of the molecule is CN1CCCN(C(=O)CN2C(=O)[C@H]3CC=CC[C@@H]3C2=O)c2nc3ccccc3nc21. The van der Waals surface area contributed by atoms with E-state index in [1.165, 1.54) is 0 Å². The van der Waals surface area contributed by atoms with E-state index in [9.17, 15) is 14.4 Å². The molecule has 30 heavy (non-hydrogen) atoms. The molecule has 2 aliphatic heterocycles. The maximum Gasteiger partial charge on any atom is 0.248 e. The van der Waals surface area contributed by atoms with Crippen LogP contribution in [0.5, 0.6) is 0 Å². The van der Waals surface area contributed by atoms with Gasteiger partial charge in [-0.3, -0.25) is 24.2 Å². The van der Waals surface area contributed by atoms with Crippen LogP contribution in [0.1, 0.15) is 19.3 Å². The molecule has 1 aromatic heterocycles. The Balaban J connectivity index is 1.46. The van der Waals surface area contributed by atoms with Crippen LogP contribution in [-0.4, -0.2) is 59.3 Å². The van der Waals surface area contributed by atoms with Crippen molar-refractivity contribution >= 4 is 40.4 Å². The van der Waals surface area contributed by atoms with Crippen molar-refractivity contribution in [2.24, 2.45) is 11.8 Å². The molecule has 3 aliphatic rings. The third-order valence-corrected chi connectivity index (χ3v) is 6.22. The lowest BCUT2D eigenvalue weighted by atomic mass is 9.85. The number of likely N-dealkylation sites (tertiary alicyclic amines) is 1. The van der Waals surface area contributed by atoms with Crippen LogP contribution in [0.25, 0.3) is 11.0 Å². The molecule has 0 unspecified atom stereocenters. The van der Waals surface area contributed by atoms with Gasteiger partial charge in [0, 0.05) is 20.1 Å². The predicted octanol–water partition coefficient (Wildman–Crippen LogP) is 1.75. The summed E-state index contributed by atoms with van der Waals surface area (Å²) >= 11 is 0. The van der Waals surface area contributed by atoms with Crippen LogP contribution < -0.4 is 9.80 Å². The molecule has 154 valence electrons. The summed E-state index contributed by atoms with van der Waals surface area (Å²) < 4.78 is 0. The molecule has 1 aliphatic carbocycles. The number of fused-ring (bicyclic) bond motifs is 3. The molecular formula is C22H23N5O3. The number of allylic oxidation sites excluding steroid dienone is 2. The number of aromatic nitrogens is 2. The minimum atomic E-state index is -0.332. The number of carbonyl (C=O) groups is 3. The third-order valence-electron chi connectivity index (χ3n) is 6.22. The van der Waals surface area contributed by atoms with Gasteiger partial charge in [0.25, 0.3) is 0 Å². The van der Waals surface area contributed by atoms with Crippen LogP contribution in [0.2, 0.25) is 0 Å². The van der Waals surface area contributed by atoms with Crippen LogP contribution in [0, 0.1) is 11.8 Å². The first kappa shape index (κ1) is 18.7. The fourth-order valence-electron chi connectivity index (χ4n) is 4.58. The molecule has 0 N–H and O–H groups in total. The van der Waals surface area contributed by atoms with Gasteiger partial charge in [-0.2, -0.15) is 0 Å². The van der Waals surface area contributed by atoms with Gasteiger partial charge in [-0.1, -0.05) is 24.3 Å². The Morgan fingerprint density at radius 1 is 0.967 bits per heavy atom. The van der Waals surface area contributed by atoms with E-state index >= 15 is 0 Å². The van der Waals surface area contributed by atoms with Gasteiger partial charge in [0.15, 0.2) is 11.6 Å². The van der Waals surface area contributed by atoms with Gasteiger partial charge in [-0.25, -0.2) is 9.97 Å². The molecule has 0 spiro atoms. The van der Waals surface area contributed by atoms with Crippen molar-refractivity contribution in [3.63, 3.8) is 0 Å². The number of amides is 3. The lowest BCUT2D eigenvalue weighted by molar-refractivity contribution is -0.143. The van der Waals surface area contributed by atoms with Gasteiger partial charge in [-0.15, -0.1) is 0 Å². The Morgan fingerprint density at radius 3 is 2.20 bits per heavy atom. The largest absolute Gasteiger partial charge is 0.357 e. The van der Waals surface area contributed by atoms with Crippen LogP contribution in [-0.2, 0) is 14.4 Å². The van der Waals surface area contributed by atoms with E-state index in [1.54, 1.807) is 4.90 Å². The Bertz CT molecular complexity index is 1060. The summed E-state index contributed by atoms with van der Waals surface area (Å²) in [6.45, 7) is 0.956. The number of hydrogen-bond acceptors (Lipinski definition) is 6. The average Bonchev–Trinajstić information content (AvgIpc) is 2.90. The van der Waals surface area contributed by atoms with E-state index in [0.29, 0.717) is 36.5 Å². The number of nitrogens with zero attached hydrogens (tertiary/aromatic N) is 5. The maximum absolute atomic E-state index is 13.3. The number of rotatable bonds is 2. The van der Waals surface area contributed by atoms with Gasteiger partial charge in [0.05, 0.1) is 22.9 Å². The van der Waals surface area contributed by atoms with Gasteiger partial charge < -0.3 is 4.90 Å². The maximum atomic E-state index is 13.3. The van der Waals surface area contributed by atoms with Gasteiger partial charge >= 0.3 is 0 Å². The van der Waals surface area contributed by atoms with Gasteiger partial charge in [0.1, 0.15) is 6.54 Å². The number of benzene rings is 1. The van der Waals surface area contributed by atoms with Crippen LogP contribution in [0.4, 0.5) is 11.6 Å².